The Morgan fingerprint density at radius 1 is 0.911 bits per heavy atom. The fourth-order valence-electron chi connectivity index (χ4n) is 5.76. The topological polar surface area (TPSA) is 262 Å². The number of rotatable bonds is 13. The Morgan fingerprint density at radius 3 is 1.96 bits per heavy atom. The summed E-state index contributed by atoms with van der Waals surface area (Å²) in [7, 11) is -10.3. The molecule has 2 heterocycles. The molecule has 0 aliphatic heterocycles. The van der Waals surface area contributed by atoms with E-state index in [-0.39, 0.29) is 41.5 Å². The van der Waals surface area contributed by atoms with Gasteiger partial charge < -0.3 is 0 Å². The van der Waals surface area contributed by atoms with Crippen LogP contribution in [0.2, 0.25) is 0 Å². The fraction of sp³-hybridized carbons (Fsp3) is 0.400. The molecule has 1 atom stereocenters. The van der Waals surface area contributed by atoms with E-state index in [1.165, 1.54) is 68.0 Å². The molecule has 1 aromatic carbocycles. The van der Waals surface area contributed by atoms with Crippen LogP contribution in [-0.4, -0.2) is 104 Å². The molecule has 45 heavy (non-hydrogen) atoms. The molecule has 3 rings (SSSR count). The van der Waals surface area contributed by atoms with Crippen molar-refractivity contribution in [2.45, 2.75) is 25.4 Å². The van der Waals surface area contributed by atoms with E-state index in [0.29, 0.717) is 11.4 Å². The molecule has 0 saturated carbocycles. The number of hydrogen-bond donors (Lipinski definition) is 8. The van der Waals surface area contributed by atoms with Crippen LogP contribution in [0.4, 0.5) is 17.5 Å². The van der Waals surface area contributed by atoms with E-state index < -0.39 is 64.0 Å². The number of nitrogens with zero attached hydrogens (tertiary/aromatic N) is 5. The number of carboxylic acids is 2. The van der Waals surface area contributed by atoms with Gasteiger partial charge in [-0.2, -0.15) is 0 Å². The third kappa shape index (κ3) is 7.43. The van der Waals surface area contributed by atoms with E-state index >= 15 is 0 Å². The van der Waals surface area contributed by atoms with E-state index in [1.54, 1.807) is 4.67 Å². The van der Waals surface area contributed by atoms with Gasteiger partial charge in [0.1, 0.15) is 0 Å². The van der Waals surface area contributed by atoms with Gasteiger partial charge in [0.15, 0.2) is 0 Å². The van der Waals surface area contributed by atoms with Gasteiger partial charge in [-0.1, -0.05) is 0 Å². The van der Waals surface area contributed by atoms with Gasteiger partial charge in [0.25, 0.3) is 0 Å². The van der Waals surface area contributed by atoms with Crippen LogP contribution in [0.25, 0.3) is 11.2 Å². The summed E-state index contributed by atoms with van der Waals surface area (Å²) < 4.78 is 44.6. The van der Waals surface area contributed by atoms with Crippen LogP contribution in [0, 0.1) is 0 Å². The van der Waals surface area contributed by atoms with Gasteiger partial charge in [-0.25, -0.2) is 0 Å². The van der Waals surface area contributed by atoms with Crippen LogP contribution in [0.1, 0.15) is 28.9 Å². The van der Waals surface area contributed by atoms with Crippen molar-refractivity contribution in [3.8, 4) is 0 Å². The molecule has 2 aromatic heterocycles. The number of nitrogens with one attached hydrogen (secondary N) is 1. The van der Waals surface area contributed by atoms with Crippen molar-refractivity contribution in [3.05, 3.63) is 41.7 Å². The van der Waals surface area contributed by atoms with Gasteiger partial charge in [-0.15, -0.1) is 0 Å². The number of carbonyl (C=O) groups excluding carboxylic acids is 1. The maximum absolute atomic E-state index is 14.3. The first-order valence-corrected chi connectivity index (χ1v) is 25.7. The maximum atomic E-state index is 14.3. The average Bonchev–Trinajstić information content (AvgIpc) is 2.88. The number of thiol groups is 3. The third-order valence-electron chi connectivity index (χ3n) is 7.04. The van der Waals surface area contributed by atoms with E-state index in [2.05, 4.69) is 25.3 Å². The molecule has 3 aromatic rings. The number of nitrogen functional groups attached to an aromatic ring is 2. The summed E-state index contributed by atoms with van der Waals surface area (Å²) in [6.45, 7) is -0.135. The standard InChI is InChI=1S/C25H41N8O8PS3/c1-43(2,39)42(44(3,4)40,45(5,6)41)33(14-16-13-28-22-20(29-16)21(26)31-25(27)32-22)17-9-7-15(8-10-17)23(36)30-18(24(37)38)11-12-19(34)35/h7-10,13,18,42-45H,11-12,14H2,1-6H3,(H,30,36)(H,34,35)(H,37,38)(H4,26,27,28,31,32). The van der Waals surface area contributed by atoms with E-state index in [4.69, 9.17) is 16.6 Å². The van der Waals surface area contributed by atoms with Crippen molar-refractivity contribution in [3.63, 3.8) is 0 Å². The number of aliphatic carboxylic acids is 2. The molecule has 1 amide bonds. The van der Waals surface area contributed by atoms with Gasteiger partial charge in [-0.05, 0) is 0 Å². The summed E-state index contributed by atoms with van der Waals surface area (Å²) in [5, 5.41) is 16.6. The van der Waals surface area contributed by atoms with Crippen molar-refractivity contribution in [1.82, 2.24) is 25.3 Å². The van der Waals surface area contributed by atoms with Crippen LogP contribution < -0.4 is 21.5 Å². The number of amides is 1. The Morgan fingerprint density at radius 2 is 1.47 bits per heavy atom. The minimum atomic E-state index is -4.03. The van der Waals surface area contributed by atoms with Crippen molar-refractivity contribution in [1.29, 1.82) is 0 Å². The van der Waals surface area contributed by atoms with Crippen LogP contribution in [0.15, 0.2) is 30.5 Å². The third-order valence-corrected chi connectivity index (χ3v) is 53.7. The Kier molecular flexibility index (Phi) is 10.3. The van der Waals surface area contributed by atoms with Crippen LogP contribution >= 0.6 is 5.02 Å². The molecule has 0 spiro atoms. The molecule has 0 bridgehead atoms. The number of benzene rings is 1. The molecule has 252 valence electrons. The first kappa shape index (κ1) is 35.8. The summed E-state index contributed by atoms with van der Waals surface area (Å²) in [6, 6.07) is 4.33. The molecular formula is C25H41N8O8PS3. The number of hydrogen-bond acceptors (Lipinski definition) is 13. The first-order valence-electron chi connectivity index (χ1n) is 13.4. The summed E-state index contributed by atoms with van der Waals surface area (Å²) in [6.07, 6.45) is 9.51. The van der Waals surface area contributed by atoms with Crippen LogP contribution in [0.5, 0.6) is 0 Å². The molecule has 7 N–H and O–H groups in total. The van der Waals surface area contributed by atoms with E-state index in [1.807, 2.05) is 0 Å². The number of carbonyl (C=O) groups is 3. The van der Waals surface area contributed by atoms with Crippen LogP contribution in [0.3, 0.4) is 0 Å². The van der Waals surface area contributed by atoms with Gasteiger partial charge in [-0.3, -0.25) is 0 Å². The molecule has 0 radical (unpaired) electrons. The SMILES string of the molecule is C[SH](C)(=O)[PH](N(Cc1cnc2nc(N)nc(N)c2n1)c1ccc(C(=O)NC(CCC(=O)O)C(=O)O)cc1)([SH](C)(C)=O)[SH](C)(C)=O. The number of carboxylic acid groups (broad SMARTS) is 2. The minimum absolute atomic E-state index is 0.0229. The van der Waals surface area contributed by atoms with E-state index in [0.717, 1.165) is 0 Å². The monoisotopic (exact) mass is 708 g/mol. The van der Waals surface area contributed by atoms with Crippen molar-refractivity contribution in [2.75, 3.05) is 53.7 Å². The van der Waals surface area contributed by atoms with Gasteiger partial charge in [0.05, 0.1) is 0 Å². The Balaban J connectivity index is 2.19. The zero-order chi connectivity index (χ0) is 34.1. The molecular weight excluding hydrogens is 667 g/mol. The quantitative estimate of drug-likeness (QED) is 0.0850. The van der Waals surface area contributed by atoms with Gasteiger partial charge in [0, 0.05) is 0 Å². The molecule has 1 unspecified atom stereocenters. The van der Waals surface area contributed by atoms with Gasteiger partial charge >= 0.3 is 263 Å². The number of aromatic nitrogens is 4. The zero-order valence-electron chi connectivity index (χ0n) is 25.7. The molecule has 0 aliphatic rings. The first-order chi connectivity index (χ1) is 20.6. The normalized spacial score (nSPS) is 14.7. The number of anilines is 3. The predicted molar refractivity (Wildman–Crippen MR) is 185 cm³/mol. The number of fused-ring (bicyclic) bond motifs is 1. The van der Waals surface area contributed by atoms with Crippen LogP contribution in [-0.2, 0) is 44.8 Å². The Bertz CT molecular complexity index is 1740. The molecule has 16 nitrogen and oxygen atoms in total. The average molecular weight is 709 g/mol. The Labute approximate surface area is 262 Å². The van der Waals surface area contributed by atoms with E-state index in [9.17, 15) is 32.1 Å². The molecule has 0 aliphatic carbocycles. The summed E-state index contributed by atoms with van der Waals surface area (Å²) in [4.78, 5) is 52.2. The van der Waals surface area contributed by atoms with Crippen molar-refractivity contribution < 1.29 is 37.2 Å². The second kappa shape index (κ2) is 13.0. The summed E-state index contributed by atoms with van der Waals surface area (Å²) >= 11 is 0. The van der Waals surface area contributed by atoms with Crippen molar-refractivity contribution in [2.24, 2.45) is 0 Å². The molecule has 0 fully saturated rings. The summed E-state index contributed by atoms with van der Waals surface area (Å²) in [5.74, 6) is -3.48. The second-order valence-corrected chi connectivity index (χ2v) is 40.1. The zero-order valence-corrected chi connectivity index (χ0v) is 29.3. The Hall–Kier alpha value is -3.67. The van der Waals surface area contributed by atoms with Crippen molar-refractivity contribution >= 4 is 80.1 Å². The molecule has 0 saturated heterocycles. The predicted octanol–water partition coefficient (Wildman–Crippen LogP) is -0.123. The fourth-order valence-corrected chi connectivity index (χ4v) is 60.5. The summed E-state index contributed by atoms with van der Waals surface area (Å²) in [5.41, 5.74) is 12.7. The second-order valence-electron chi connectivity index (χ2n) is 11.6. The number of nitrogens with two attached hydrogens (primary N) is 2. The van der Waals surface area contributed by atoms with Gasteiger partial charge in [0.2, 0.25) is 0 Å². The molecule has 20 heteroatoms.